The predicted octanol–water partition coefficient (Wildman–Crippen LogP) is 4.89. The summed E-state index contributed by atoms with van der Waals surface area (Å²) in [5.74, 6) is -0.202. The van der Waals surface area contributed by atoms with E-state index in [0.29, 0.717) is 16.9 Å². The molecule has 0 aliphatic rings. The Kier molecular flexibility index (Phi) is 5.29. The lowest BCUT2D eigenvalue weighted by Crippen LogP contribution is -2.19. The first kappa shape index (κ1) is 17.2. The van der Waals surface area contributed by atoms with Crippen LogP contribution in [0.4, 0.5) is 21.9 Å². The SMILES string of the molecule is Cc1ccc(NC(=O)Nc2ccc(C(=O)Nc3ccccc3)cc2)cc1. The molecule has 3 N–H and O–H groups in total. The van der Waals surface area contributed by atoms with Gasteiger partial charge in [-0.25, -0.2) is 4.79 Å². The summed E-state index contributed by atoms with van der Waals surface area (Å²) in [4.78, 5) is 24.2. The Labute approximate surface area is 152 Å². The zero-order valence-electron chi connectivity index (χ0n) is 14.3. The van der Waals surface area contributed by atoms with Crippen molar-refractivity contribution in [2.45, 2.75) is 6.92 Å². The molecule has 0 atom stereocenters. The highest BCUT2D eigenvalue weighted by Crippen LogP contribution is 2.14. The number of hydrogen-bond acceptors (Lipinski definition) is 2. The third kappa shape index (κ3) is 4.70. The summed E-state index contributed by atoms with van der Waals surface area (Å²) in [6.45, 7) is 1.99. The van der Waals surface area contributed by atoms with E-state index < -0.39 is 0 Å². The number of hydrogen-bond donors (Lipinski definition) is 3. The minimum atomic E-state index is -0.338. The van der Waals surface area contributed by atoms with E-state index in [-0.39, 0.29) is 11.9 Å². The lowest BCUT2D eigenvalue weighted by Gasteiger charge is -2.09. The highest BCUT2D eigenvalue weighted by Gasteiger charge is 2.07. The van der Waals surface area contributed by atoms with Crippen molar-refractivity contribution in [2.75, 3.05) is 16.0 Å². The van der Waals surface area contributed by atoms with Gasteiger partial charge in [0.2, 0.25) is 0 Å². The van der Waals surface area contributed by atoms with E-state index in [1.54, 1.807) is 24.3 Å². The average Bonchev–Trinajstić information content (AvgIpc) is 2.65. The minimum absolute atomic E-state index is 0.202. The number of para-hydroxylation sites is 1. The van der Waals surface area contributed by atoms with Crippen LogP contribution in [0.5, 0.6) is 0 Å². The van der Waals surface area contributed by atoms with Gasteiger partial charge in [-0.2, -0.15) is 0 Å². The first-order valence-electron chi connectivity index (χ1n) is 8.21. The van der Waals surface area contributed by atoms with E-state index in [2.05, 4.69) is 16.0 Å². The summed E-state index contributed by atoms with van der Waals surface area (Å²) >= 11 is 0. The van der Waals surface area contributed by atoms with Gasteiger partial charge >= 0.3 is 6.03 Å². The Morgan fingerprint density at radius 2 is 1.12 bits per heavy atom. The molecule has 0 aliphatic carbocycles. The molecule has 130 valence electrons. The maximum atomic E-state index is 12.2. The summed E-state index contributed by atoms with van der Waals surface area (Å²) in [7, 11) is 0. The van der Waals surface area contributed by atoms with Crippen molar-refractivity contribution in [3.8, 4) is 0 Å². The fourth-order valence-electron chi connectivity index (χ4n) is 2.36. The van der Waals surface area contributed by atoms with Crippen molar-refractivity contribution in [1.82, 2.24) is 0 Å². The van der Waals surface area contributed by atoms with Gasteiger partial charge in [0.25, 0.3) is 5.91 Å². The molecule has 5 heteroatoms. The van der Waals surface area contributed by atoms with Gasteiger partial charge in [0.05, 0.1) is 0 Å². The van der Waals surface area contributed by atoms with Crippen LogP contribution in [0.3, 0.4) is 0 Å². The number of aryl methyl sites for hydroxylation is 1. The second-order valence-corrected chi connectivity index (χ2v) is 5.84. The molecule has 3 aromatic carbocycles. The zero-order chi connectivity index (χ0) is 18.4. The molecule has 0 bridgehead atoms. The Balaban J connectivity index is 1.57. The quantitative estimate of drug-likeness (QED) is 0.630. The zero-order valence-corrected chi connectivity index (χ0v) is 14.3. The van der Waals surface area contributed by atoms with E-state index in [9.17, 15) is 9.59 Å². The maximum absolute atomic E-state index is 12.2. The van der Waals surface area contributed by atoms with Crippen LogP contribution in [0.2, 0.25) is 0 Å². The lowest BCUT2D eigenvalue weighted by molar-refractivity contribution is 0.102. The molecule has 5 nitrogen and oxygen atoms in total. The molecular weight excluding hydrogens is 326 g/mol. The van der Waals surface area contributed by atoms with Gasteiger partial charge < -0.3 is 16.0 Å². The molecule has 0 fully saturated rings. The van der Waals surface area contributed by atoms with Gasteiger partial charge in [-0.3, -0.25) is 4.79 Å². The fraction of sp³-hybridized carbons (Fsp3) is 0.0476. The number of urea groups is 1. The Morgan fingerprint density at radius 3 is 1.69 bits per heavy atom. The molecule has 0 aliphatic heterocycles. The molecule has 0 saturated carbocycles. The number of carbonyl (C=O) groups is 2. The molecule has 3 amide bonds. The molecule has 0 unspecified atom stereocenters. The number of nitrogens with one attached hydrogen (secondary N) is 3. The summed E-state index contributed by atoms with van der Waals surface area (Å²) < 4.78 is 0. The molecule has 26 heavy (non-hydrogen) atoms. The summed E-state index contributed by atoms with van der Waals surface area (Å²) in [6, 6.07) is 23.1. The van der Waals surface area contributed by atoms with Crippen molar-refractivity contribution in [1.29, 1.82) is 0 Å². The molecule has 0 saturated heterocycles. The number of amides is 3. The summed E-state index contributed by atoms with van der Waals surface area (Å²) in [5, 5.41) is 8.31. The second-order valence-electron chi connectivity index (χ2n) is 5.84. The Morgan fingerprint density at radius 1 is 0.615 bits per heavy atom. The molecule has 3 rings (SSSR count). The van der Waals surface area contributed by atoms with Crippen molar-refractivity contribution >= 4 is 29.0 Å². The summed E-state index contributed by atoms with van der Waals surface area (Å²) in [5.41, 5.74) is 3.69. The van der Waals surface area contributed by atoms with E-state index in [4.69, 9.17) is 0 Å². The van der Waals surface area contributed by atoms with Gasteiger partial charge in [0, 0.05) is 22.6 Å². The van der Waals surface area contributed by atoms with Crippen LogP contribution in [0.15, 0.2) is 78.9 Å². The van der Waals surface area contributed by atoms with E-state index in [0.717, 1.165) is 11.3 Å². The normalized spacial score (nSPS) is 10.0. The molecule has 3 aromatic rings. The van der Waals surface area contributed by atoms with Gasteiger partial charge in [0.1, 0.15) is 0 Å². The Hall–Kier alpha value is -3.60. The number of carbonyl (C=O) groups excluding carboxylic acids is 2. The monoisotopic (exact) mass is 345 g/mol. The van der Waals surface area contributed by atoms with Crippen LogP contribution in [0.25, 0.3) is 0 Å². The Bertz CT molecular complexity index is 889. The predicted molar refractivity (Wildman–Crippen MR) is 105 cm³/mol. The highest BCUT2D eigenvalue weighted by atomic mass is 16.2. The van der Waals surface area contributed by atoms with Crippen molar-refractivity contribution < 1.29 is 9.59 Å². The fourth-order valence-corrected chi connectivity index (χ4v) is 2.36. The number of benzene rings is 3. The topological polar surface area (TPSA) is 70.2 Å². The van der Waals surface area contributed by atoms with Gasteiger partial charge in [-0.15, -0.1) is 0 Å². The molecule has 0 spiro atoms. The van der Waals surface area contributed by atoms with Crippen molar-refractivity contribution in [3.05, 3.63) is 90.0 Å². The number of anilines is 3. The van der Waals surface area contributed by atoms with E-state index in [1.165, 1.54) is 0 Å². The minimum Gasteiger partial charge on any atom is -0.322 e. The molecule has 0 heterocycles. The molecular formula is C21H19N3O2. The second kappa shape index (κ2) is 7.98. The highest BCUT2D eigenvalue weighted by molar-refractivity contribution is 6.05. The standard InChI is InChI=1S/C21H19N3O2/c1-15-7-11-18(12-8-15)23-21(26)24-19-13-9-16(10-14-19)20(25)22-17-5-3-2-4-6-17/h2-14H,1H3,(H,22,25)(H2,23,24,26). The van der Waals surface area contributed by atoms with Crippen LogP contribution < -0.4 is 16.0 Å². The van der Waals surface area contributed by atoms with Gasteiger partial charge in [-0.1, -0.05) is 35.9 Å². The third-order valence-corrected chi connectivity index (χ3v) is 3.75. The first-order chi connectivity index (χ1) is 12.6. The van der Waals surface area contributed by atoms with E-state index >= 15 is 0 Å². The maximum Gasteiger partial charge on any atom is 0.323 e. The van der Waals surface area contributed by atoms with Crippen LogP contribution >= 0.6 is 0 Å². The average molecular weight is 345 g/mol. The van der Waals surface area contributed by atoms with E-state index in [1.807, 2.05) is 61.5 Å². The van der Waals surface area contributed by atoms with Gasteiger partial charge in [-0.05, 0) is 55.5 Å². The number of rotatable bonds is 4. The first-order valence-corrected chi connectivity index (χ1v) is 8.21. The van der Waals surface area contributed by atoms with Crippen molar-refractivity contribution in [2.24, 2.45) is 0 Å². The third-order valence-electron chi connectivity index (χ3n) is 3.75. The van der Waals surface area contributed by atoms with Crippen LogP contribution in [0.1, 0.15) is 15.9 Å². The van der Waals surface area contributed by atoms with Crippen molar-refractivity contribution in [3.63, 3.8) is 0 Å². The molecule has 0 aromatic heterocycles. The van der Waals surface area contributed by atoms with Crippen LogP contribution in [0, 0.1) is 6.92 Å². The van der Waals surface area contributed by atoms with Crippen LogP contribution in [-0.2, 0) is 0 Å². The largest absolute Gasteiger partial charge is 0.323 e. The summed E-state index contributed by atoms with van der Waals surface area (Å²) in [6.07, 6.45) is 0. The molecule has 0 radical (unpaired) electrons. The smallest absolute Gasteiger partial charge is 0.322 e. The lowest BCUT2D eigenvalue weighted by atomic mass is 10.2. The van der Waals surface area contributed by atoms with Gasteiger partial charge in [0.15, 0.2) is 0 Å². The van der Waals surface area contributed by atoms with Crippen LogP contribution in [-0.4, -0.2) is 11.9 Å².